The van der Waals surface area contributed by atoms with Crippen LogP contribution in [0.1, 0.15) is 6.42 Å². The van der Waals surface area contributed by atoms with E-state index in [1.807, 2.05) is 0 Å². The lowest BCUT2D eigenvalue weighted by Gasteiger charge is -2.19. The molecule has 1 heterocycles. The van der Waals surface area contributed by atoms with Crippen molar-refractivity contribution in [3.05, 3.63) is 12.7 Å². The van der Waals surface area contributed by atoms with E-state index in [4.69, 9.17) is 9.47 Å². The van der Waals surface area contributed by atoms with E-state index >= 15 is 0 Å². The summed E-state index contributed by atoms with van der Waals surface area (Å²) in [6.07, 6.45) is 2.53. The van der Waals surface area contributed by atoms with Crippen LogP contribution in [-0.4, -0.2) is 25.3 Å². The number of rotatable bonds is 3. The predicted octanol–water partition coefficient (Wildman–Crippen LogP) is 0.504. The minimum absolute atomic E-state index is 0.233. The van der Waals surface area contributed by atoms with Gasteiger partial charge in [-0.3, -0.25) is 0 Å². The van der Waals surface area contributed by atoms with Crippen molar-refractivity contribution in [2.75, 3.05) is 13.2 Å². The van der Waals surface area contributed by atoms with E-state index in [0.717, 1.165) is 6.29 Å². The van der Waals surface area contributed by atoms with Crippen LogP contribution in [0.25, 0.3) is 0 Å². The fourth-order valence-corrected chi connectivity index (χ4v) is 0.906. The van der Waals surface area contributed by atoms with Gasteiger partial charge in [0, 0.05) is 0 Å². The first-order valence-electron chi connectivity index (χ1n) is 3.18. The molecule has 0 radical (unpaired) electrons. The molecule has 0 amide bonds. The highest BCUT2D eigenvalue weighted by molar-refractivity contribution is 5.51. The lowest BCUT2D eigenvalue weighted by molar-refractivity contribution is -0.135. The van der Waals surface area contributed by atoms with Gasteiger partial charge in [-0.2, -0.15) is 0 Å². The highest BCUT2D eigenvalue weighted by Gasteiger charge is 2.32. The van der Waals surface area contributed by atoms with Gasteiger partial charge in [-0.25, -0.2) is 0 Å². The summed E-state index contributed by atoms with van der Waals surface area (Å²) in [6, 6.07) is 0. The van der Waals surface area contributed by atoms with Crippen molar-refractivity contribution < 1.29 is 14.3 Å². The molecule has 0 spiro atoms. The lowest BCUT2D eigenvalue weighted by Crippen LogP contribution is -2.27. The molecule has 0 bridgehead atoms. The topological polar surface area (TPSA) is 35.5 Å². The summed E-state index contributed by atoms with van der Waals surface area (Å²) in [5.41, 5.74) is 0. The molecular formula is C7H10O3. The van der Waals surface area contributed by atoms with Crippen LogP contribution < -0.4 is 0 Å². The Bertz CT molecular complexity index is 136. The molecule has 0 aromatic carbocycles. The Hall–Kier alpha value is -0.670. The molecule has 3 nitrogen and oxygen atoms in total. The zero-order chi connectivity index (χ0) is 7.45. The van der Waals surface area contributed by atoms with Crippen molar-refractivity contribution in [3.63, 3.8) is 0 Å². The van der Waals surface area contributed by atoms with Gasteiger partial charge in [-0.05, 0) is 6.08 Å². The lowest BCUT2D eigenvalue weighted by atomic mass is 10.2. The molecule has 0 aliphatic carbocycles. The van der Waals surface area contributed by atoms with Crippen molar-refractivity contribution in [3.8, 4) is 0 Å². The summed E-state index contributed by atoms with van der Waals surface area (Å²) < 4.78 is 10.3. The molecule has 1 rings (SSSR count). The number of carbonyl (C=O) groups excluding carboxylic acids is 1. The van der Waals surface area contributed by atoms with E-state index in [-0.39, 0.29) is 6.42 Å². The number of hydrogen-bond donors (Lipinski definition) is 0. The standard InChI is InChI=1S/C7H10O3/c1-2-7(3-4-8)9-5-6-10-7/h2,4H,1,3,5-6H2. The third kappa shape index (κ3) is 1.25. The smallest absolute Gasteiger partial charge is 0.194 e. The van der Waals surface area contributed by atoms with E-state index in [9.17, 15) is 4.79 Å². The molecule has 0 N–H and O–H groups in total. The van der Waals surface area contributed by atoms with Crippen LogP contribution in [0.5, 0.6) is 0 Å². The zero-order valence-corrected chi connectivity index (χ0v) is 5.71. The summed E-state index contributed by atoms with van der Waals surface area (Å²) in [5.74, 6) is -0.818. The quantitative estimate of drug-likeness (QED) is 0.425. The fourth-order valence-electron chi connectivity index (χ4n) is 0.906. The third-order valence-corrected chi connectivity index (χ3v) is 1.45. The number of aldehydes is 1. The average Bonchev–Trinajstić information content (AvgIpc) is 2.39. The van der Waals surface area contributed by atoms with E-state index in [1.54, 1.807) is 0 Å². The highest BCUT2D eigenvalue weighted by Crippen LogP contribution is 2.22. The molecule has 56 valence electrons. The van der Waals surface area contributed by atoms with Crippen LogP contribution in [0.3, 0.4) is 0 Å². The molecule has 0 saturated carbocycles. The van der Waals surface area contributed by atoms with Gasteiger partial charge >= 0.3 is 0 Å². The van der Waals surface area contributed by atoms with Gasteiger partial charge < -0.3 is 14.3 Å². The van der Waals surface area contributed by atoms with Crippen molar-refractivity contribution in [1.29, 1.82) is 0 Å². The molecule has 1 saturated heterocycles. The van der Waals surface area contributed by atoms with E-state index in [2.05, 4.69) is 6.58 Å². The van der Waals surface area contributed by atoms with Crippen LogP contribution in [0.15, 0.2) is 12.7 Å². The van der Waals surface area contributed by atoms with Gasteiger partial charge in [0.15, 0.2) is 5.79 Å². The maximum atomic E-state index is 10.1. The zero-order valence-electron chi connectivity index (χ0n) is 5.71. The second kappa shape index (κ2) is 2.94. The second-order valence-electron chi connectivity index (χ2n) is 2.08. The van der Waals surface area contributed by atoms with Gasteiger partial charge in [0.1, 0.15) is 6.29 Å². The normalized spacial score (nSPS) is 22.4. The van der Waals surface area contributed by atoms with Crippen LogP contribution in [0.2, 0.25) is 0 Å². The first kappa shape index (κ1) is 7.44. The molecule has 1 aliphatic rings. The number of hydrogen-bond acceptors (Lipinski definition) is 3. The largest absolute Gasteiger partial charge is 0.344 e. The summed E-state index contributed by atoms with van der Waals surface area (Å²) in [6.45, 7) is 4.61. The Labute approximate surface area is 59.6 Å². The third-order valence-electron chi connectivity index (χ3n) is 1.45. The highest BCUT2D eigenvalue weighted by atomic mass is 16.7. The molecule has 0 aromatic heterocycles. The first-order valence-corrected chi connectivity index (χ1v) is 3.18. The maximum absolute atomic E-state index is 10.1. The molecule has 3 heteroatoms. The molecule has 1 aliphatic heterocycles. The Morgan fingerprint density at radius 2 is 2.10 bits per heavy atom. The first-order chi connectivity index (χ1) is 4.83. The van der Waals surface area contributed by atoms with Crippen molar-refractivity contribution in [2.45, 2.75) is 12.2 Å². The van der Waals surface area contributed by atoms with Gasteiger partial charge in [-0.15, -0.1) is 0 Å². The summed E-state index contributed by atoms with van der Waals surface area (Å²) in [5, 5.41) is 0. The molecule has 0 atom stereocenters. The summed E-state index contributed by atoms with van der Waals surface area (Å²) >= 11 is 0. The Kier molecular flexibility index (Phi) is 2.19. The van der Waals surface area contributed by atoms with E-state index in [0.29, 0.717) is 13.2 Å². The Morgan fingerprint density at radius 1 is 1.50 bits per heavy atom. The van der Waals surface area contributed by atoms with E-state index < -0.39 is 5.79 Å². The Morgan fingerprint density at radius 3 is 2.50 bits per heavy atom. The van der Waals surface area contributed by atoms with Crippen molar-refractivity contribution in [2.24, 2.45) is 0 Å². The molecule has 1 fully saturated rings. The molecule has 10 heavy (non-hydrogen) atoms. The van der Waals surface area contributed by atoms with Crippen molar-refractivity contribution in [1.82, 2.24) is 0 Å². The minimum atomic E-state index is -0.818. The predicted molar refractivity (Wildman–Crippen MR) is 35.5 cm³/mol. The van der Waals surface area contributed by atoms with Crippen LogP contribution in [0, 0.1) is 0 Å². The number of ether oxygens (including phenoxy) is 2. The van der Waals surface area contributed by atoms with Crippen LogP contribution >= 0.6 is 0 Å². The van der Waals surface area contributed by atoms with E-state index in [1.165, 1.54) is 6.08 Å². The number of carbonyl (C=O) groups is 1. The van der Waals surface area contributed by atoms with Gasteiger partial charge in [0.25, 0.3) is 0 Å². The van der Waals surface area contributed by atoms with Gasteiger partial charge in [0.2, 0.25) is 0 Å². The molecule has 0 aromatic rings. The van der Waals surface area contributed by atoms with Crippen LogP contribution in [-0.2, 0) is 14.3 Å². The fraction of sp³-hybridized carbons (Fsp3) is 0.571. The van der Waals surface area contributed by atoms with Gasteiger partial charge in [0.05, 0.1) is 19.6 Å². The molecule has 0 unspecified atom stereocenters. The van der Waals surface area contributed by atoms with Crippen LogP contribution in [0.4, 0.5) is 0 Å². The summed E-state index contributed by atoms with van der Waals surface area (Å²) in [7, 11) is 0. The van der Waals surface area contributed by atoms with Gasteiger partial charge in [-0.1, -0.05) is 6.58 Å². The summed E-state index contributed by atoms with van der Waals surface area (Å²) in [4.78, 5) is 10.1. The SMILES string of the molecule is C=CC1(CC=O)OCCO1. The monoisotopic (exact) mass is 142 g/mol. The average molecular weight is 142 g/mol. The minimum Gasteiger partial charge on any atom is -0.344 e. The Balaban J connectivity index is 2.57. The molecular weight excluding hydrogens is 132 g/mol. The second-order valence-corrected chi connectivity index (χ2v) is 2.08. The maximum Gasteiger partial charge on any atom is 0.194 e. The van der Waals surface area contributed by atoms with Crippen molar-refractivity contribution >= 4 is 6.29 Å².